The highest BCUT2D eigenvalue weighted by Gasteiger charge is 2.18. The number of benzene rings is 2. The molecule has 3 aromatic rings. The van der Waals surface area contributed by atoms with E-state index < -0.39 is 0 Å². The second-order valence-corrected chi connectivity index (χ2v) is 5.98. The Hall–Kier alpha value is -2.44. The summed E-state index contributed by atoms with van der Waals surface area (Å²) in [5.74, 6) is 1.15. The Morgan fingerprint density at radius 2 is 1.71 bits per heavy atom. The van der Waals surface area contributed by atoms with Crippen molar-refractivity contribution in [1.29, 1.82) is 0 Å². The molecule has 0 atom stereocenters. The zero-order valence-corrected chi connectivity index (χ0v) is 13.7. The maximum absolute atomic E-state index is 10.1. The van der Waals surface area contributed by atoms with E-state index in [0.29, 0.717) is 57.0 Å². The molecule has 6 nitrogen and oxygen atoms in total. The van der Waals surface area contributed by atoms with Gasteiger partial charge in [-0.15, -0.1) is 5.11 Å². The van der Waals surface area contributed by atoms with Gasteiger partial charge in [0, 0.05) is 11.5 Å². The third-order valence-corrected chi connectivity index (χ3v) is 4.32. The number of hydrogen-bond donors (Lipinski definition) is 2. The summed E-state index contributed by atoms with van der Waals surface area (Å²) in [5.41, 5.74) is 1.52. The molecule has 0 radical (unpaired) electrons. The van der Waals surface area contributed by atoms with Crippen LogP contribution in [0.4, 0.5) is 11.4 Å². The van der Waals surface area contributed by atoms with Crippen molar-refractivity contribution in [2.24, 2.45) is 10.2 Å². The van der Waals surface area contributed by atoms with Crippen LogP contribution in [0.5, 0.6) is 17.4 Å². The maximum Gasteiger partial charge on any atom is 0.218 e. The Labute approximate surface area is 146 Å². The second-order valence-electron chi connectivity index (χ2n) is 5.16. The van der Waals surface area contributed by atoms with E-state index in [1.54, 1.807) is 30.3 Å². The van der Waals surface area contributed by atoms with Crippen molar-refractivity contribution < 1.29 is 14.6 Å². The van der Waals surface area contributed by atoms with Crippen LogP contribution in [0.3, 0.4) is 0 Å². The van der Waals surface area contributed by atoms with E-state index in [4.69, 9.17) is 32.7 Å². The van der Waals surface area contributed by atoms with Crippen LogP contribution in [0.2, 0.25) is 10.0 Å². The molecule has 4 rings (SSSR count). The van der Waals surface area contributed by atoms with E-state index in [9.17, 15) is 5.11 Å². The molecule has 2 N–H and O–H groups in total. The van der Waals surface area contributed by atoms with Gasteiger partial charge in [-0.05, 0) is 24.3 Å². The van der Waals surface area contributed by atoms with Crippen molar-refractivity contribution in [1.82, 2.24) is 4.98 Å². The molecule has 1 aliphatic heterocycles. The number of halogens is 2. The average molecular weight is 364 g/mol. The van der Waals surface area contributed by atoms with Crippen molar-refractivity contribution in [3.05, 3.63) is 40.4 Å². The first kappa shape index (κ1) is 15.1. The predicted octanol–water partition coefficient (Wildman–Crippen LogP) is 5.37. The van der Waals surface area contributed by atoms with Crippen molar-refractivity contribution in [3.8, 4) is 17.4 Å². The number of nitrogens with zero attached hydrogens (tertiary/aromatic N) is 2. The van der Waals surface area contributed by atoms with Gasteiger partial charge in [0.15, 0.2) is 17.2 Å². The van der Waals surface area contributed by atoms with Crippen molar-refractivity contribution in [2.75, 3.05) is 13.2 Å². The fourth-order valence-corrected chi connectivity index (χ4v) is 2.75. The lowest BCUT2D eigenvalue weighted by atomic mass is 10.2. The standard InChI is InChI=1S/C16H11Cl2N3O3/c17-10-2-1-8(5-11(10)18)20-21-15-9-6-13-14(24-4-3-23-13)7-12(9)19-16(15)22/h1-2,5-7,19,22H,3-4H2. The van der Waals surface area contributed by atoms with Gasteiger partial charge in [-0.2, -0.15) is 5.11 Å². The largest absolute Gasteiger partial charge is 0.493 e. The number of H-pyrrole nitrogens is 1. The molecule has 0 amide bonds. The molecule has 2 aromatic carbocycles. The molecule has 8 heteroatoms. The number of aromatic hydroxyl groups is 1. The SMILES string of the molecule is Oc1[nH]c2cc3c(cc2c1N=Nc1ccc(Cl)c(Cl)c1)OCCO3. The number of rotatable bonds is 2. The van der Waals surface area contributed by atoms with Crippen LogP contribution in [-0.2, 0) is 0 Å². The van der Waals surface area contributed by atoms with E-state index in [-0.39, 0.29) is 5.88 Å². The van der Waals surface area contributed by atoms with Crippen LogP contribution >= 0.6 is 23.2 Å². The fourth-order valence-electron chi connectivity index (χ4n) is 2.46. The van der Waals surface area contributed by atoms with Gasteiger partial charge in [-0.3, -0.25) is 0 Å². The first-order valence-corrected chi connectivity index (χ1v) is 7.88. The van der Waals surface area contributed by atoms with Crippen molar-refractivity contribution >= 4 is 45.5 Å². The number of aromatic amines is 1. The molecular formula is C16H11Cl2N3O3. The monoisotopic (exact) mass is 363 g/mol. The van der Waals surface area contributed by atoms with Gasteiger partial charge in [-0.1, -0.05) is 23.2 Å². The van der Waals surface area contributed by atoms with Gasteiger partial charge in [0.25, 0.3) is 0 Å². The molecule has 122 valence electrons. The highest BCUT2D eigenvalue weighted by Crippen LogP contribution is 2.42. The molecule has 0 spiro atoms. The lowest BCUT2D eigenvalue weighted by molar-refractivity contribution is 0.172. The number of hydrogen-bond acceptors (Lipinski definition) is 5. The Morgan fingerprint density at radius 1 is 0.958 bits per heavy atom. The van der Waals surface area contributed by atoms with Crippen molar-refractivity contribution in [2.45, 2.75) is 0 Å². The Bertz CT molecular complexity index is 969. The van der Waals surface area contributed by atoms with Gasteiger partial charge in [0.05, 0.1) is 21.2 Å². The normalized spacial score (nSPS) is 13.8. The highest BCUT2D eigenvalue weighted by molar-refractivity contribution is 6.42. The first-order valence-electron chi connectivity index (χ1n) is 7.13. The lowest BCUT2D eigenvalue weighted by Gasteiger charge is -2.18. The number of azo groups is 1. The minimum atomic E-state index is -0.0869. The molecule has 0 aliphatic carbocycles. The van der Waals surface area contributed by atoms with Crippen molar-refractivity contribution in [3.63, 3.8) is 0 Å². The smallest absolute Gasteiger partial charge is 0.218 e. The molecular weight excluding hydrogens is 353 g/mol. The van der Waals surface area contributed by atoms with Gasteiger partial charge < -0.3 is 19.6 Å². The van der Waals surface area contributed by atoms with Crippen LogP contribution in [0, 0.1) is 0 Å². The zero-order valence-electron chi connectivity index (χ0n) is 12.2. The number of aromatic nitrogens is 1. The summed E-state index contributed by atoms with van der Waals surface area (Å²) in [6.07, 6.45) is 0. The van der Waals surface area contributed by atoms with Crippen LogP contribution in [-0.4, -0.2) is 23.3 Å². The molecule has 0 saturated carbocycles. The molecule has 1 aliphatic rings. The van der Waals surface area contributed by atoms with E-state index in [2.05, 4.69) is 15.2 Å². The summed E-state index contributed by atoms with van der Waals surface area (Å²) in [4.78, 5) is 2.85. The Morgan fingerprint density at radius 3 is 2.46 bits per heavy atom. The molecule has 0 fully saturated rings. The van der Waals surface area contributed by atoms with E-state index in [1.807, 2.05) is 0 Å². The number of ether oxygens (including phenoxy) is 2. The topological polar surface area (TPSA) is 79.2 Å². The molecule has 0 bridgehead atoms. The summed E-state index contributed by atoms with van der Waals surface area (Å²) in [7, 11) is 0. The van der Waals surface area contributed by atoms with E-state index in [1.165, 1.54) is 0 Å². The third kappa shape index (κ3) is 2.64. The minimum Gasteiger partial charge on any atom is -0.493 e. The molecule has 2 heterocycles. The predicted molar refractivity (Wildman–Crippen MR) is 91.6 cm³/mol. The Balaban J connectivity index is 1.76. The zero-order chi connectivity index (χ0) is 16.7. The molecule has 24 heavy (non-hydrogen) atoms. The van der Waals surface area contributed by atoms with Crippen LogP contribution in [0.15, 0.2) is 40.6 Å². The lowest BCUT2D eigenvalue weighted by Crippen LogP contribution is -2.15. The average Bonchev–Trinajstić information content (AvgIpc) is 2.88. The summed E-state index contributed by atoms with van der Waals surface area (Å²) in [6.45, 7) is 0.976. The second kappa shape index (κ2) is 5.89. The summed E-state index contributed by atoms with van der Waals surface area (Å²) >= 11 is 11.8. The number of fused-ring (bicyclic) bond motifs is 2. The molecule has 1 aromatic heterocycles. The number of nitrogens with one attached hydrogen (secondary N) is 1. The fraction of sp³-hybridized carbons (Fsp3) is 0.125. The highest BCUT2D eigenvalue weighted by atomic mass is 35.5. The van der Waals surface area contributed by atoms with Crippen LogP contribution < -0.4 is 9.47 Å². The van der Waals surface area contributed by atoms with Gasteiger partial charge >= 0.3 is 0 Å². The maximum atomic E-state index is 10.1. The van der Waals surface area contributed by atoms with E-state index in [0.717, 1.165) is 0 Å². The summed E-state index contributed by atoms with van der Waals surface area (Å²) < 4.78 is 11.1. The first-order chi connectivity index (χ1) is 11.6. The van der Waals surface area contributed by atoms with Gasteiger partial charge in [-0.25, -0.2) is 0 Å². The quantitative estimate of drug-likeness (QED) is 0.600. The third-order valence-electron chi connectivity index (χ3n) is 3.58. The van der Waals surface area contributed by atoms with Crippen LogP contribution in [0.1, 0.15) is 0 Å². The Kier molecular flexibility index (Phi) is 3.70. The van der Waals surface area contributed by atoms with Gasteiger partial charge in [0.1, 0.15) is 13.2 Å². The minimum absolute atomic E-state index is 0.0869. The molecule has 0 unspecified atom stereocenters. The summed E-state index contributed by atoms with van der Waals surface area (Å²) in [5, 5.41) is 19.9. The van der Waals surface area contributed by atoms with E-state index >= 15 is 0 Å². The summed E-state index contributed by atoms with van der Waals surface area (Å²) in [6, 6.07) is 8.44. The van der Waals surface area contributed by atoms with Crippen LogP contribution in [0.25, 0.3) is 10.9 Å². The van der Waals surface area contributed by atoms with Gasteiger partial charge in [0.2, 0.25) is 5.88 Å². The molecule has 0 saturated heterocycles.